The third-order valence-corrected chi connectivity index (χ3v) is 2.53. The molecule has 0 aliphatic heterocycles. The molecule has 0 unspecified atom stereocenters. The average Bonchev–Trinajstić information content (AvgIpc) is 2.46. The van der Waals surface area contributed by atoms with Crippen molar-refractivity contribution >= 4 is 18.4 Å². The van der Waals surface area contributed by atoms with Crippen LogP contribution in [0.15, 0.2) is 36.7 Å². The number of alkyl halides is 3. The minimum Gasteiger partial charge on any atom is -0.465 e. The highest BCUT2D eigenvalue weighted by Crippen LogP contribution is 2.28. The van der Waals surface area contributed by atoms with Gasteiger partial charge in [0.15, 0.2) is 0 Å². The summed E-state index contributed by atoms with van der Waals surface area (Å²) in [6, 6.07) is 4.99. The van der Waals surface area contributed by atoms with E-state index < -0.39 is 17.8 Å². The number of pyridine rings is 2. The van der Waals surface area contributed by atoms with E-state index in [1.54, 1.807) is 0 Å². The summed E-state index contributed by atoms with van der Waals surface area (Å²) in [5, 5.41) is 0. The maximum atomic E-state index is 12.4. The van der Waals surface area contributed by atoms with E-state index in [2.05, 4.69) is 14.7 Å². The third-order valence-electron chi connectivity index (χ3n) is 2.53. The number of carbonyl (C=O) groups excluding carboxylic acids is 1. The van der Waals surface area contributed by atoms with E-state index in [9.17, 15) is 18.0 Å². The summed E-state index contributed by atoms with van der Waals surface area (Å²) >= 11 is 0. The zero-order valence-electron chi connectivity index (χ0n) is 10.7. The Kier molecular flexibility index (Phi) is 5.26. The van der Waals surface area contributed by atoms with Gasteiger partial charge in [0.25, 0.3) is 0 Å². The van der Waals surface area contributed by atoms with Crippen LogP contribution in [0.1, 0.15) is 16.1 Å². The lowest BCUT2D eigenvalue weighted by molar-refractivity contribution is -0.141. The quantitative estimate of drug-likeness (QED) is 0.797. The number of ether oxygens (including phenoxy) is 1. The Morgan fingerprint density at radius 3 is 2.43 bits per heavy atom. The van der Waals surface area contributed by atoms with Crippen LogP contribution in [0.25, 0.3) is 11.3 Å². The molecular weight excluding hydrogens is 309 g/mol. The van der Waals surface area contributed by atoms with E-state index in [1.807, 2.05) is 0 Å². The number of hydrogen-bond acceptors (Lipinski definition) is 4. The van der Waals surface area contributed by atoms with Crippen molar-refractivity contribution in [3.05, 3.63) is 47.9 Å². The number of esters is 1. The molecule has 0 radical (unpaired) electrons. The zero-order valence-corrected chi connectivity index (χ0v) is 11.5. The number of carbonyl (C=O) groups is 1. The summed E-state index contributed by atoms with van der Waals surface area (Å²) in [4.78, 5) is 18.7. The predicted octanol–water partition coefficient (Wildman–Crippen LogP) is 3.37. The topological polar surface area (TPSA) is 52.1 Å². The number of nitrogens with zero attached hydrogens (tertiary/aromatic N) is 2. The van der Waals surface area contributed by atoms with Gasteiger partial charge < -0.3 is 4.74 Å². The molecule has 0 N–H and O–H groups in total. The Morgan fingerprint density at radius 1 is 1.19 bits per heavy atom. The molecular formula is C13H10ClF3N2O2. The van der Waals surface area contributed by atoms with E-state index in [0.29, 0.717) is 11.3 Å². The Morgan fingerprint density at radius 2 is 1.90 bits per heavy atom. The summed E-state index contributed by atoms with van der Waals surface area (Å²) < 4.78 is 41.8. The third kappa shape index (κ3) is 3.91. The lowest BCUT2D eigenvalue weighted by Crippen LogP contribution is -2.07. The van der Waals surface area contributed by atoms with Gasteiger partial charge >= 0.3 is 12.1 Å². The van der Waals surface area contributed by atoms with Crippen molar-refractivity contribution in [2.24, 2.45) is 0 Å². The Bertz CT molecular complexity index is 630. The standard InChI is InChI=1S/C13H9F3N2O2.ClH/c1-20-12(19)8-4-5-17-10(6-8)9-2-3-11(18-7-9)13(14,15)16;/h2-7H,1H3;1H. The maximum Gasteiger partial charge on any atom is 0.433 e. The molecule has 2 aromatic heterocycles. The lowest BCUT2D eigenvalue weighted by atomic mass is 10.1. The van der Waals surface area contributed by atoms with Gasteiger partial charge in [-0.3, -0.25) is 9.97 Å². The Labute approximate surface area is 124 Å². The molecule has 112 valence electrons. The number of aromatic nitrogens is 2. The van der Waals surface area contributed by atoms with Gasteiger partial charge in [-0.25, -0.2) is 4.79 Å². The van der Waals surface area contributed by atoms with Crippen molar-refractivity contribution in [1.82, 2.24) is 9.97 Å². The molecule has 0 aromatic carbocycles. The van der Waals surface area contributed by atoms with Crippen LogP contribution < -0.4 is 0 Å². The molecule has 0 spiro atoms. The molecule has 0 aliphatic carbocycles. The van der Waals surface area contributed by atoms with Crippen molar-refractivity contribution in [2.45, 2.75) is 6.18 Å². The van der Waals surface area contributed by atoms with Gasteiger partial charge in [-0.2, -0.15) is 13.2 Å². The first-order valence-corrected chi connectivity index (χ1v) is 5.50. The van der Waals surface area contributed by atoms with Crippen LogP contribution in [0.4, 0.5) is 13.2 Å². The van der Waals surface area contributed by atoms with Crippen LogP contribution in [0.2, 0.25) is 0 Å². The molecule has 2 heterocycles. The largest absolute Gasteiger partial charge is 0.465 e. The summed E-state index contributed by atoms with van der Waals surface area (Å²) in [6.07, 6.45) is -2.05. The number of rotatable bonds is 2. The summed E-state index contributed by atoms with van der Waals surface area (Å²) in [5.41, 5.74) is 0.000600. The van der Waals surface area contributed by atoms with Gasteiger partial charge in [0.2, 0.25) is 0 Å². The van der Waals surface area contributed by atoms with Crippen LogP contribution in [-0.2, 0) is 10.9 Å². The summed E-state index contributed by atoms with van der Waals surface area (Å²) in [7, 11) is 1.24. The van der Waals surface area contributed by atoms with Crippen molar-refractivity contribution < 1.29 is 22.7 Å². The summed E-state index contributed by atoms with van der Waals surface area (Å²) in [6.45, 7) is 0. The first-order chi connectivity index (χ1) is 9.41. The minimum absolute atomic E-state index is 0. The minimum atomic E-state index is -4.49. The number of methoxy groups -OCH3 is 1. The first kappa shape index (κ1) is 16.9. The molecule has 0 saturated carbocycles. The van der Waals surface area contributed by atoms with Crippen molar-refractivity contribution in [3.63, 3.8) is 0 Å². The van der Waals surface area contributed by atoms with Crippen LogP contribution >= 0.6 is 12.4 Å². The van der Waals surface area contributed by atoms with E-state index >= 15 is 0 Å². The number of hydrogen-bond donors (Lipinski definition) is 0. The summed E-state index contributed by atoms with van der Waals surface area (Å²) in [5.74, 6) is -0.548. The fourth-order valence-electron chi connectivity index (χ4n) is 1.55. The normalized spacial score (nSPS) is 10.7. The predicted molar refractivity (Wildman–Crippen MR) is 71.1 cm³/mol. The van der Waals surface area contributed by atoms with E-state index in [1.165, 1.54) is 31.5 Å². The second-order valence-corrected chi connectivity index (χ2v) is 3.85. The lowest BCUT2D eigenvalue weighted by Gasteiger charge is -2.07. The molecule has 4 nitrogen and oxygen atoms in total. The first-order valence-electron chi connectivity index (χ1n) is 5.50. The second kappa shape index (κ2) is 6.53. The monoisotopic (exact) mass is 318 g/mol. The van der Waals surface area contributed by atoms with Gasteiger partial charge in [-0.15, -0.1) is 12.4 Å². The van der Waals surface area contributed by atoms with Gasteiger partial charge in [-0.05, 0) is 24.3 Å². The van der Waals surface area contributed by atoms with Gasteiger partial charge in [0.05, 0.1) is 18.4 Å². The molecule has 8 heteroatoms. The fraction of sp³-hybridized carbons (Fsp3) is 0.154. The van der Waals surface area contributed by atoms with E-state index in [-0.39, 0.29) is 18.0 Å². The van der Waals surface area contributed by atoms with E-state index in [4.69, 9.17) is 0 Å². The maximum absolute atomic E-state index is 12.4. The van der Waals surface area contributed by atoms with Gasteiger partial charge in [0.1, 0.15) is 5.69 Å². The van der Waals surface area contributed by atoms with E-state index in [0.717, 1.165) is 12.3 Å². The fourth-order valence-corrected chi connectivity index (χ4v) is 1.55. The molecule has 0 saturated heterocycles. The molecule has 0 fully saturated rings. The number of halogens is 4. The van der Waals surface area contributed by atoms with Crippen molar-refractivity contribution in [1.29, 1.82) is 0 Å². The van der Waals surface area contributed by atoms with Crippen molar-refractivity contribution in [3.8, 4) is 11.3 Å². The Balaban J connectivity index is 0.00000220. The van der Waals surface area contributed by atoms with Crippen LogP contribution in [0.3, 0.4) is 0 Å². The highest BCUT2D eigenvalue weighted by atomic mass is 35.5. The highest BCUT2D eigenvalue weighted by molar-refractivity contribution is 5.90. The van der Waals surface area contributed by atoms with Crippen LogP contribution in [-0.4, -0.2) is 23.0 Å². The highest BCUT2D eigenvalue weighted by Gasteiger charge is 2.32. The van der Waals surface area contributed by atoms with Gasteiger partial charge in [-0.1, -0.05) is 0 Å². The SMILES string of the molecule is COC(=O)c1ccnc(-c2ccc(C(F)(F)F)nc2)c1.Cl. The van der Waals surface area contributed by atoms with Crippen molar-refractivity contribution in [2.75, 3.05) is 7.11 Å². The molecule has 21 heavy (non-hydrogen) atoms. The molecule has 0 aliphatic rings. The molecule has 2 rings (SSSR count). The van der Waals surface area contributed by atoms with Crippen LogP contribution in [0, 0.1) is 0 Å². The molecule has 0 bridgehead atoms. The Hall–Kier alpha value is -2.15. The molecule has 0 atom stereocenters. The molecule has 2 aromatic rings. The van der Waals surface area contributed by atoms with Crippen LogP contribution in [0.5, 0.6) is 0 Å². The average molecular weight is 319 g/mol. The van der Waals surface area contributed by atoms with Gasteiger partial charge in [0, 0.05) is 18.0 Å². The molecule has 0 amide bonds. The smallest absolute Gasteiger partial charge is 0.433 e. The zero-order chi connectivity index (χ0) is 14.8. The second-order valence-electron chi connectivity index (χ2n) is 3.85.